The predicted molar refractivity (Wildman–Crippen MR) is 96.5 cm³/mol. The summed E-state index contributed by atoms with van der Waals surface area (Å²) in [6, 6.07) is 15.6. The number of hydrogen-bond acceptors (Lipinski definition) is 4. The van der Waals surface area contributed by atoms with Crippen molar-refractivity contribution in [1.29, 1.82) is 0 Å². The number of nitrogens with zero attached hydrogens (tertiary/aromatic N) is 1. The topological polar surface area (TPSA) is 52.3 Å². The summed E-state index contributed by atoms with van der Waals surface area (Å²) in [5, 5.41) is 0. The maximum atomic E-state index is 11.5. The summed E-state index contributed by atoms with van der Waals surface area (Å²) in [5.74, 6) is 1.95. The summed E-state index contributed by atoms with van der Waals surface area (Å²) in [7, 11) is 0. The molecule has 4 rings (SSSR count). The minimum absolute atomic E-state index is 0.175. The lowest BCUT2D eigenvalue weighted by Crippen LogP contribution is -2.26. The van der Waals surface area contributed by atoms with E-state index in [9.17, 15) is 4.79 Å². The lowest BCUT2D eigenvalue weighted by molar-refractivity contribution is -0.122. The van der Waals surface area contributed by atoms with E-state index >= 15 is 0 Å². The fourth-order valence-electron chi connectivity index (χ4n) is 3.46. The molecule has 0 N–H and O–H groups in total. The third-order valence-electron chi connectivity index (χ3n) is 4.93. The van der Waals surface area contributed by atoms with Crippen LogP contribution < -0.4 is 4.74 Å². The number of rotatable bonds is 4. The minimum atomic E-state index is 0.175. The van der Waals surface area contributed by atoms with E-state index in [2.05, 4.69) is 4.98 Å². The molecule has 3 aromatic rings. The van der Waals surface area contributed by atoms with Crippen molar-refractivity contribution in [3.63, 3.8) is 0 Å². The summed E-state index contributed by atoms with van der Waals surface area (Å²) in [6.45, 7) is 1.69. The molecule has 1 heterocycles. The van der Waals surface area contributed by atoms with Crippen LogP contribution in [0.4, 0.5) is 0 Å². The number of hydrogen-bond donors (Lipinski definition) is 0. The summed E-state index contributed by atoms with van der Waals surface area (Å²) in [5.41, 5.74) is 2.52. The van der Waals surface area contributed by atoms with E-state index in [1.54, 1.807) is 6.92 Å². The van der Waals surface area contributed by atoms with Gasteiger partial charge >= 0.3 is 0 Å². The van der Waals surface area contributed by atoms with Gasteiger partial charge in [-0.3, -0.25) is 4.79 Å². The van der Waals surface area contributed by atoms with E-state index < -0.39 is 0 Å². The summed E-state index contributed by atoms with van der Waals surface area (Å²) in [6.07, 6.45) is 3.87. The smallest absolute Gasteiger partial charge is 0.227 e. The van der Waals surface area contributed by atoms with Gasteiger partial charge in [0.15, 0.2) is 5.58 Å². The minimum Gasteiger partial charge on any atom is -0.490 e. The molecular formula is C21H21NO3. The molecule has 0 radical (unpaired) electrons. The fraction of sp³-hybridized carbons (Fsp3) is 0.333. The molecule has 1 fully saturated rings. The van der Waals surface area contributed by atoms with Crippen molar-refractivity contribution in [2.75, 3.05) is 0 Å². The Kier molecular flexibility index (Phi) is 4.26. The quantitative estimate of drug-likeness (QED) is 0.671. The summed E-state index contributed by atoms with van der Waals surface area (Å²) in [4.78, 5) is 16.1. The Bertz CT molecular complexity index is 877. The van der Waals surface area contributed by atoms with Crippen molar-refractivity contribution in [3.8, 4) is 17.2 Å². The van der Waals surface area contributed by atoms with Gasteiger partial charge in [0.25, 0.3) is 0 Å². The van der Waals surface area contributed by atoms with Gasteiger partial charge in [0, 0.05) is 17.5 Å². The highest BCUT2D eigenvalue weighted by atomic mass is 16.5. The Morgan fingerprint density at radius 3 is 2.56 bits per heavy atom. The third-order valence-corrected chi connectivity index (χ3v) is 4.93. The molecule has 1 saturated carbocycles. The number of aromatic nitrogens is 1. The predicted octanol–water partition coefficient (Wildman–Crippen LogP) is 5.02. The number of fused-ring (bicyclic) bond motifs is 1. The van der Waals surface area contributed by atoms with Crippen molar-refractivity contribution in [3.05, 3.63) is 48.5 Å². The van der Waals surface area contributed by atoms with Gasteiger partial charge in [0.1, 0.15) is 17.0 Å². The van der Waals surface area contributed by atoms with Crippen LogP contribution in [0.25, 0.3) is 22.6 Å². The number of ketones is 1. The Morgan fingerprint density at radius 2 is 1.84 bits per heavy atom. The maximum absolute atomic E-state index is 11.5. The van der Waals surface area contributed by atoms with E-state index in [4.69, 9.17) is 9.15 Å². The second kappa shape index (κ2) is 6.71. The van der Waals surface area contributed by atoms with Crippen LogP contribution >= 0.6 is 0 Å². The van der Waals surface area contributed by atoms with Crippen LogP contribution in [-0.2, 0) is 4.79 Å². The highest BCUT2D eigenvalue weighted by Crippen LogP contribution is 2.31. The lowest BCUT2D eigenvalue weighted by Gasteiger charge is -2.27. The first kappa shape index (κ1) is 15.9. The van der Waals surface area contributed by atoms with Crippen molar-refractivity contribution in [2.45, 2.75) is 38.7 Å². The number of carbonyl (C=O) groups excluding carboxylic acids is 1. The van der Waals surface area contributed by atoms with Gasteiger partial charge in [0.05, 0.1) is 6.10 Å². The van der Waals surface area contributed by atoms with E-state index in [0.29, 0.717) is 11.7 Å². The third kappa shape index (κ3) is 3.43. The SMILES string of the molecule is CC(=O)[C@H]1CC[C@@H](Oc2ccc3oc(-c4ccccc4)nc3c2)CC1. The van der Waals surface area contributed by atoms with E-state index in [1.807, 2.05) is 48.5 Å². The van der Waals surface area contributed by atoms with Gasteiger partial charge in [-0.15, -0.1) is 0 Å². The normalized spacial score (nSPS) is 20.5. The van der Waals surface area contributed by atoms with Crippen LogP contribution in [-0.4, -0.2) is 16.9 Å². The molecule has 2 aromatic carbocycles. The Labute approximate surface area is 146 Å². The van der Waals surface area contributed by atoms with E-state index in [1.165, 1.54) is 0 Å². The van der Waals surface area contributed by atoms with Crippen molar-refractivity contribution in [1.82, 2.24) is 4.98 Å². The number of oxazole rings is 1. The molecular weight excluding hydrogens is 314 g/mol. The first-order valence-electron chi connectivity index (χ1n) is 8.82. The van der Waals surface area contributed by atoms with Crippen LogP contribution in [0.3, 0.4) is 0 Å². The molecule has 0 aliphatic heterocycles. The van der Waals surface area contributed by atoms with Crippen molar-refractivity contribution < 1.29 is 13.9 Å². The lowest BCUT2D eigenvalue weighted by atomic mass is 9.85. The average Bonchev–Trinajstić information content (AvgIpc) is 3.06. The van der Waals surface area contributed by atoms with Crippen LogP contribution in [0.2, 0.25) is 0 Å². The van der Waals surface area contributed by atoms with E-state index in [0.717, 1.165) is 48.1 Å². The highest BCUT2D eigenvalue weighted by Gasteiger charge is 2.25. The number of Topliss-reactive ketones (excluding diaryl/α,β-unsaturated/α-hetero) is 1. The molecule has 25 heavy (non-hydrogen) atoms. The molecule has 128 valence electrons. The largest absolute Gasteiger partial charge is 0.490 e. The van der Waals surface area contributed by atoms with Gasteiger partial charge in [-0.05, 0) is 56.9 Å². The molecule has 0 saturated heterocycles. The van der Waals surface area contributed by atoms with Crippen LogP contribution in [0.5, 0.6) is 5.75 Å². The molecule has 4 nitrogen and oxygen atoms in total. The van der Waals surface area contributed by atoms with Crippen molar-refractivity contribution in [2.24, 2.45) is 5.92 Å². The molecule has 4 heteroatoms. The molecule has 0 unspecified atom stereocenters. The Morgan fingerprint density at radius 1 is 1.08 bits per heavy atom. The number of carbonyl (C=O) groups is 1. The molecule has 0 spiro atoms. The molecule has 1 aromatic heterocycles. The zero-order valence-electron chi connectivity index (χ0n) is 14.3. The van der Waals surface area contributed by atoms with Gasteiger partial charge in [0.2, 0.25) is 5.89 Å². The second-order valence-electron chi connectivity index (χ2n) is 6.72. The molecule has 1 aliphatic rings. The van der Waals surface area contributed by atoms with Gasteiger partial charge in [-0.25, -0.2) is 4.98 Å². The Hall–Kier alpha value is -2.62. The van der Waals surface area contributed by atoms with Crippen LogP contribution in [0.1, 0.15) is 32.6 Å². The highest BCUT2D eigenvalue weighted by molar-refractivity contribution is 5.78. The van der Waals surface area contributed by atoms with Crippen LogP contribution in [0.15, 0.2) is 52.9 Å². The zero-order valence-corrected chi connectivity index (χ0v) is 14.3. The van der Waals surface area contributed by atoms with Gasteiger partial charge in [-0.1, -0.05) is 18.2 Å². The Balaban J connectivity index is 1.49. The monoisotopic (exact) mass is 335 g/mol. The molecule has 0 bridgehead atoms. The zero-order chi connectivity index (χ0) is 17.2. The maximum Gasteiger partial charge on any atom is 0.227 e. The van der Waals surface area contributed by atoms with Crippen LogP contribution in [0, 0.1) is 5.92 Å². The fourth-order valence-corrected chi connectivity index (χ4v) is 3.46. The average molecular weight is 335 g/mol. The summed E-state index contributed by atoms with van der Waals surface area (Å²) >= 11 is 0. The van der Waals surface area contributed by atoms with Gasteiger partial charge < -0.3 is 9.15 Å². The van der Waals surface area contributed by atoms with Gasteiger partial charge in [-0.2, -0.15) is 0 Å². The van der Waals surface area contributed by atoms with Crippen molar-refractivity contribution >= 4 is 16.9 Å². The standard InChI is InChI=1S/C21H21NO3/c1-14(23)15-7-9-17(10-8-15)24-18-11-12-20-19(13-18)22-21(25-20)16-5-3-2-4-6-16/h2-6,11-13,15,17H,7-10H2,1H3/t15-,17+. The first-order valence-corrected chi connectivity index (χ1v) is 8.82. The molecule has 0 amide bonds. The van der Waals surface area contributed by atoms with E-state index in [-0.39, 0.29) is 12.0 Å². The molecule has 0 atom stereocenters. The number of benzene rings is 2. The summed E-state index contributed by atoms with van der Waals surface area (Å²) < 4.78 is 11.9. The number of ether oxygens (including phenoxy) is 1. The second-order valence-corrected chi connectivity index (χ2v) is 6.72. The first-order chi connectivity index (χ1) is 12.2. The molecule has 1 aliphatic carbocycles.